The first kappa shape index (κ1) is 28.2. The van der Waals surface area contributed by atoms with Gasteiger partial charge in [-0.25, -0.2) is 0 Å². The third-order valence-corrected chi connectivity index (χ3v) is 7.23. The van der Waals surface area contributed by atoms with Crippen LogP contribution in [-0.4, -0.2) is 35.7 Å². The van der Waals surface area contributed by atoms with E-state index >= 15 is 0 Å². The minimum atomic E-state index is -4.51. The molecule has 4 rings (SSSR count). The minimum absolute atomic E-state index is 0.0186. The van der Waals surface area contributed by atoms with Gasteiger partial charge in [0.15, 0.2) is 5.78 Å². The molecular weight excluding hydrogens is 527 g/mol. The summed E-state index contributed by atoms with van der Waals surface area (Å²) >= 11 is 6.27. The molecule has 9 heteroatoms. The average Bonchev–Trinajstić information content (AvgIpc) is 3.42. The van der Waals surface area contributed by atoms with Crippen molar-refractivity contribution in [1.82, 2.24) is 4.90 Å². The van der Waals surface area contributed by atoms with Gasteiger partial charge in [0, 0.05) is 49.8 Å². The summed E-state index contributed by atoms with van der Waals surface area (Å²) in [5.41, 5.74) is 0.841. The average molecular weight is 554 g/mol. The highest BCUT2D eigenvalue weighted by molar-refractivity contribution is 6.32. The first-order valence-electron chi connectivity index (χ1n) is 12.6. The molecule has 0 aromatic heterocycles. The van der Waals surface area contributed by atoms with Gasteiger partial charge in [-0.2, -0.15) is 18.4 Å². The van der Waals surface area contributed by atoms with Crippen molar-refractivity contribution in [1.29, 1.82) is 5.26 Å². The number of benzene rings is 3. The Morgan fingerprint density at radius 2 is 1.74 bits per heavy atom. The number of ketones is 1. The molecule has 202 valence electrons. The van der Waals surface area contributed by atoms with Crippen molar-refractivity contribution in [3.05, 3.63) is 100 Å². The fourth-order valence-electron chi connectivity index (χ4n) is 4.87. The Morgan fingerprint density at radius 3 is 2.44 bits per heavy atom. The normalized spacial score (nSPS) is 15.2. The van der Waals surface area contributed by atoms with Gasteiger partial charge in [0.1, 0.15) is 6.07 Å². The number of hydrogen-bond acceptors (Lipinski definition) is 4. The van der Waals surface area contributed by atoms with Crippen molar-refractivity contribution < 1.29 is 22.8 Å². The molecule has 1 aliphatic heterocycles. The quantitative estimate of drug-likeness (QED) is 0.271. The van der Waals surface area contributed by atoms with Crippen LogP contribution in [0.25, 0.3) is 0 Å². The highest BCUT2D eigenvalue weighted by Crippen LogP contribution is 2.35. The molecule has 1 amide bonds. The first-order chi connectivity index (χ1) is 18.7. The number of carbonyl (C=O) groups excluding carboxylic acids is 2. The van der Waals surface area contributed by atoms with Crippen LogP contribution in [-0.2, 0) is 17.5 Å². The highest BCUT2D eigenvalue weighted by Gasteiger charge is 2.35. The van der Waals surface area contributed by atoms with Gasteiger partial charge in [-0.15, -0.1) is 0 Å². The number of alkyl halides is 3. The molecule has 1 aliphatic rings. The predicted octanol–water partition coefficient (Wildman–Crippen LogP) is 6.89. The zero-order valence-corrected chi connectivity index (χ0v) is 21.9. The van der Waals surface area contributed by atoms with Crippen LogP contribution in [0.1, 0.15) is 52.7 Å². The van der Waals surface area contributed by atoms with E-state index in [9.17, 15) is 28.0 Å². The van der Waals surface area contributed by atoms with Crippen LogP contribution in [0.3, 0.4) is 0 Å². The van der Waals surface area contributed by atoms with Crippen LogP contribution < -0.4 is 4.90 Å². The summed E-state index contributed by atoms with van der Waals surface area (Å²) in [6.07, 6.45) is -3.07. The molecule has 0 unspecified atom stereocenters. The Bertz CT molecular complexity index is 1370. The van der Waals surface area contributed by atoms with Crippen molar-refractivity contribution in [3.63, 3.8) is 0 Å². The van der Waals surface area contributed by atoms with E-state index in [-0.39, 0.29) is 53.3 Å². The monoisotopic (exact) mass is 553 g/mol. The second-order valence-corrected chi connectivity index (χ2v) is 9.89. The van der Waals surface area contributed by atoms with Gasteiger partial charge in [-0.1, -0.05) is 60.1 Å². The topological polar surface area (TPSA) is 64.4 Å². The van der Waals surface area contributed by atoms with Gasteiger partial charge < -0.3 is 9.80 Å². The lowest BCUT2D eigenvalue weighted by Gasteiger charge is -2.32. The molecule has 0 radical (unpaired) electrons. The molecule has 0 aliphatic carbocycles. The maximum atomic E-state index is 13.7. The molecule has 1 saturated heterocycles. The largest absolute Gasteiger partial charge is 0.416 e. The summed E-state index contributed by atoms with van der Waals surface area (Å²) in [5.74, 6) is -0.109. The third-order valence-electron chi connectivity index (χ3n) is 6.92. The van der Waals surface area contributed by atoms with Gasteiger partial charge >= 0.3 is 6.18 Å². The fourth-order valence-corrected chi connectivity index (χ4v) is 5.09. The Labute approximate surface area is 230 Å². The summed E-state index contributed by atoms with van der Waals surface area (Å²) < 4.78 is 41.2. The smallest absolute Gasteiger partial charge is 0.362 e. The van der Waals surface area contributed by atoms with Crippen molar-refractivity contribution in [2.24, 2.45) is 0 Å². The van der Waals surface area contributed by atoms with E-state index in [4.69, 9.17) is 11.6 Å². The Hall–Kier alpha value is -3.83. The van der Waals surface area contributed by atoms with Crippen molar-refractivity contribution in [2.45, 2.75) is 44.4 Å². The number of carbonyl (C=O) groups is 2. The standard InChI is InChI=1S/C30H27ClF3N3O2/c31-27-17-24(14-13-22(27)18-35)37(19-23-9-4-5-10-26(23)30(32,33)34)25-15-16-36(20-25)29(39)12-6-11-28(38)21-7-2-1-3-8-21/h1-5,7-10,13-14,17,25H,6,11-12,15-16,19-20H2/t25-/m0/s1. The molecule has 0 N–H and O–H groups in total. The predicted molar refractivity (Wildman–Crippen MR) is 143 cm³/mol. The second-order valence-electron chi connectivity index (χ2n) is 9.48. The van der Waals surface area contributed by atoms with Crippen LogP contribution in [0.4, 0.5) is 18.9 Å². The van der Waals surface area contributed by atoms with Gasteiger partial charge in [-0.05, 0) is 42.7 Å². The maximum absolute atomic E-state index is 13.7. The minimum Gasteiger partial charge on any atom is -0.362 e. The molecule has 1 heterocycles. The number of amides is 1. The SMILES string of the molecule is N#Cc1ccc(N(Cc2ccccc2C(F)(F)F)[C@H]2CCN(C(=O)CCCC(=O)c3ccccc3)C2)cc1Cl. The highest BCUT2D eigenvalue weighted by atomic mass is 35.5. The number of Topliss-reactive ketones (excluding diaryl/α,β-unsaturated/α-hetero) is 1. The number of halogens is 4. The lowest BCUT2D eigenvalue weighted by Crippen LogP contribution is -2.39. The molecule has 39 heavy (non-hydrogen) atoms. The first-order valence-corrected chi connectivity index (χ1v) is 13.0. The summed E-state index contributed by atoms with van der Waals surface area (Å²) in [5, 5.41) is 9.45. The number of nitrogens with zero attached hydrogens (tertiary/aromatic N) is 3. The zero-order chi connectivity index (χ0) is 28.0. The van der Waals surface area contributed by atoms with Crippen LogP contribution >= 0.6 is 11.6 Å². The summed E-state index contributed by atoms with van der Waals surface area (Å²) in [4.78, 5) is 28.8. The van der Waals surface area contributed by atoms with E-state index in [1.165, 1.54) is 12.1 Å². The van der Waals surface area contributed by atoms with Crippen LogP contribution in [0.2, 0.25) is 5.02 Å². The molecule has 5 nitrogen and oxygen atoms in total. The number of anilines is 1. The summed E-state index contributed by atoms with van der Waals surface area (Å²) in [6.45, 7) is 0.741. The molecule has 3 aromatic carbocycles. The molecular formula is C30H27ClF3N3O2. The molecule has 1 atom stereocenters. The lowest BCUT2D eigenvalue weighted by molar-refractivity contribution is -0.138. The zero-order valence-electron chi connectivity index (χ0n) is 21.1. The summed E-state index contributed by atoms with van der Waals surface area (Å²) in [6, 6.07) is 20.9. The van der Waals surface area contributed by atoms with E-state index in [0.717, 1.165) is 6.07 Å². The third kappa shape index (κ3) is 6.98. The van der Waals surface area contributed by atoms with E-state index in [2.05, 4.69) is 0 Å². The number of rotatable bonds is 9. The van der Waals surface area contributed by atoms with Gasteiger partial charge in [0.05, 0.1) is 16.1 Å². The van der Waals surface area contributed by atoms with E-state index in [0.29, 0.717) is 37.2 Å². The molecule has 0 saturated carbocycles. The molecule has 3 aromatic rings. The van der Waals surface area contributed by atoms with Crippen LogP contribution in [0.15, 0.2) is 72.8 Å². The second kappa shape index (κ2) is 12.4. The van der Waals surface area contributed by atoms with Gasteiger partial charge in [0.2, 0.25) is 5.91 Å². The van der Waals surface area contributed by atoms with Gasteiger partial charge in [0.25, 0.3) is 0 Å². The Morgan fingerprint density at radius 1 is 1.03 bits per heavy atom. The maximum Gasteiger partial charge on any atom is 0.416 e. The van der Waals surface area contributed by atoms with E-state index < -0.39 is 11.7 Å². The van der Waals surface area contributed by atoms with Crippen molar-refractivity contribution >= 4 is 29.0 Å². The fraction of sp³-hybridized carbons (Fsp3) is 0.300. The summed E-state index contributed by atoms with van der Waals surface area (Å²) in [7, 11) is 0. The number of nitriles is 1. The van der Waals surface area contributed by atoms with Crippen LogP contribution in [0.5, 0.6) is 0 Å². The molecule has 1 fully saturated rings. The van der Waals surface area contributed by atoms with E-state index in [1.807, 2.05) is 17.0 Å². The Kier molecular flexibility index (Phi) is 8.93. The van der Waals surface area contributed by atoms with Crippen LogP contribution in [0, 0.1) is 11.3 Å². The number of likely N-dealkylation sites (tertiary alicyclic amines) is 1. The van der Waals surface area contributed by atoms with Gasteiger partial charge in [-0.3, -0.25) is 9.59 Å². The van der Waals surface area contributed by atoms with E-state index in [1.54, 1.807) is 53.4 Å². The number of hydrogen-bond donors (Lipinski definition) is 0. The molecule has 0 bridgehead atoms. The molecule has 0 spiro atoms. The van der Waals surface area contributed by atoms with Crippen molar-refractivity contribution in [2.75, 3.05) is 18.0 Å². The Balaban J connectivity index is 1.48. The van der Waals surface area contributed by atoms with Crippen molar-refractivity contribution in [3.8, 4) is 6.07 Å². The lowest BCUT2D eigenvalue weighted by atomic mass is 10.0.